The van der Waals surface area contributed by atoms with E-state index in [1.54, 1.807) is 0 Å². The Morgan fingerprint density at radius 1 is 1.35 bits per heavy atom. The van der Waals surface area contributed by atoms with Gasteiger partial charge in [-0.2, -0.15) is 0 Å². The molecular formula is C16H21N. The zero-order valence-electron chi connectivity index (χ0n) is 11.2. The zero-order valence-corrected chi connectivity index (χ0v) is 11.2. The molecule has 0 saturated carbocycles. The molecule has 0 N–H and O–H groups in total. The van der Waals surface area contributed by atoms with Crippen LogP contribution < -0.4 is 0 Å². The van der Waals surface area contributed by atoms with Gasteiger partial charge in [-0.3, -0.25) is 0 Å². The lowest BCUT2D eigenvalue weighted by Crippen LogP contribution is -2.00. The van der Waals surface area contributed by atoms with Gasteiger partial charge in [0.05, 0.1) is 0 Å². The number of hydrogen-bond acceptors (Lipinski definition) is 0. The summed E-state index contributed by atoms with van der Waals surface area (Å²) in [5.41, 5.74) is 4.25. The van der Waals surface area contributed by atoms with Gasteiger partial charge in [0.1, 0.15) is 0 Å². The Hall–Kier alpha value is -1.50. The van der Waals surface area contributed by atoms with E-state index in [-0.39, 0.29) is 0 Å². The number of rotatable bonds is 3. The number of allylic oxidation sites excluding steroid dienone is 2. The first kappa shape index (κ1) is 12.0. The maximum Gasteiger partial charge on any atom is 0.0480 e. The van der Waals surface area contributed by atoms with Crippen molar-refractivity contribution < 1.29 is 0 Å². The highest BCUT2D eigenvalue weighted by Crippen LogP contribution is 2.25. The molecule has 0 bridgehead atoms. The van der Waals surface area contributed by atoms with Crippen LogP contribution in [0.15, 0.2) is 42.1 Å². The van der Waals surface area contributed by atoms with Gasteiger partial charge in [0.25, 0.3) is 0 Å². The minimum Gasteiger partial charge on any atom is -0.350 e. The summed E-state index contributed by atoms with van der Waals surface area (Å²) in [4.78, 5) is 0. The predicted molar refractivity (Wildman–Crippen MR) is 75.2 cm³/mol. The van der Waals surface area contributed by atoms with Gasteiger partial charge in [0.15, 0.2) is 0 Å². The van der Waals surface area contributed by atoms with Gasteiger partial charge >= 0.3 is 0 Å². The minimum absolute atomic E-state index is 0.616. The van der Waals surface area contributed by atoms with Crippen LogP contribution in [0.2, 0.25) is 0 Å². The lowest BCUT2D eigenvalue weighted by molar-refractivity contribution is 0.677. The Balaban J connectivity index is 2.37. The Morgan fingerprint density at radius 3 is 2.76 bits per heavy atom. The van der Waals surface area contributed by atoms with Crippen molar-refractivity contribution in [3.05, 3.63) is 47.7 Å². The number of benzene rings is 1. The average Bonchev–Trinajstić information content (AvgIpc) is 2.66. The molecule has 0 amide bonds. The van der Waals surface area contributed by atoms with Crippen LogP contribution in [0.1, 0.15) is 26.3 Å². The van der Waals surface area contributed by atoms with Gasteiger partial charge < -0.3 is 4.57 Å². The molecule has 2 rings (SSSR count). The van der Waals surface area contributed by atoms with Crippen LogP contribution in [-0.4, -0.2) is 4.57 Å². The molecule has 1 aromatic heterocycles. The number of fused-ring (bicyclic) bond motifs is 1. The van der Waals surface area contributed by atoms with Crippen LogP contribution in [-0.2, 0) is 13.5 Å². The molecule has 1 heteroatoms. The molecule has 0 aliphatic carbocycles. The van der Waals surface area contributed by atoms with Gasteiger partial charge in [-0.1, -0.05) is 36.8 Å². The van der Waals surface area contributed by atoms with Crippen molar-refractivity contribution in [2.75, 3.05) is 0 Å². The Morgan fingerprint density at radius 2 is 2.06 bits per heavy atom. The summed E-state index contributed by atoms with van der Waals surface area (Å²) in [6.07, 6.45) is 5.61. The Kier molecular flexibility index (Phi) is 3.37. The molecule has 2 aromatic rings. The zero-order chi connectivity index (χ0) is 12.4. The molecule has 17 heavy (non-hydrogen) atoms. The van der Waals surface area contributed by atoms with Crippen LogP contribution >= 0.6 is 0 Å². The highest BCUT2D eigenvalue weighted by atomic mass is 14.9. The third kappa shape index (κ3) is 2.28. The van der Waals surface area contributed by atoms with Gasteiger partial charge in [0.2, 0.25) is 0 Å². The first-order chi connectivity index (χ1) is 8.13. The van der Waals surface area contributed by atoms with E-state index in [9.17, 15) is 0 Å². The number of para-hydroxylation sites is 1. The molecule has 0 radical (unpaired) electrons. The SMILES string of the molecule is C/C=C(\C)C(C)Cc1cn(C)c2ccccc12. The second-order valence-corrected chi connectivity index (χ2v) is 4.92. The first-order valence-electron chi connectivity index (χ1n) is 6.29. The van der Waals surface area contributed by atoms with Crippen molar-refractivity contribution in [1.82, 2.24) is 4.57 Å². The summed E-state index contributed by atoms with van der Waals surface area (Å²) in [7, 11) is 2.12. The fraction of sp³-hybridized carbons (Fsp3) is 0.375. The third-order valence-corrected chi connectivity index (χ3v) is 3.74. The average molecular weight is 227 g/mol. The molecule has 90 valence electrons. The topological polar surface area (TPSA) is 4.93 Å². The van der Waals surface area contributed by atoms with E-state index in [2.05, 4.69) is 68.9 Å². The van der Waals surface area contributed by atoms with Crippen LogP contribution in [0.25, 0.3) is 10.9 Å². The van der Waals surface area contributed by atoms with Gasteiger partial charge in [-0.15, -0.1) is 0 Å². The highest BCUT2D eigenvalue weighted by Gasteiger charge is 2.10. The molecule has 1 aromatic carbocycles. The van der Waals surface area contributed by atoms with E-state index in [0.717, 1.165) is 6.42 Å². The fourth-order valence-corrected chi connectivity index (χ4v) is 2.36. The van der Waals surface area contributed by atoms with E-state index in [0.29, 0.717) is 5.92 Å². The Labute approximate surface area is 104 Å². The van der Waals surface area contributed by atoms with Crippen molar-refractivity contribution in [3.63, 3.8) is 0 Å². The first-order valence-corrected chi connectivity index (χ1v) is 6.29. The quantitative estimate of drug-likeness (QED) is 0.688. The predicted octanol–water partition coefficient (Wildman–Crippen LogP) is 4.32. The monoisotopic (exact) mass is 227 g/mol. The summed E-state index contributed by atoms with van der Waals surface area (Å²) in [6, 6.07) is 8.64. The lowest BCUT2D eigenvalue weighted by Gasteiger charge is -2.11. The minimum atomic E-state index is 0.616. The largest absolute Gasteiger partial charge is 0.350 e. The highest BCUT2D eigenvalue weighted by molar-refractivity contribution is 5.83. The summed E-state index contributed by atoms with van der Waals surface area (Å²) >= 11 is 0. The second-order valence-electron chi connectivity index (χ2n) is 4.92. The van der Waals surface area contributed by atoms with Gasteiger partial charge in [-0.05, 0) is 37.8 Å². The van der Waals surface area contributed by atoms with E-state index >= 15 is 0 Å². The van der Waals surface area contributed by atoms with Gasteiger partial charge in [-0.25, -0.2) is 0 Å². The summed E-state index contributed by atoms with van der Waals surface area (Å²) in [5.74, 6) is 0.616. The second kappa shape index (κ2) is 4.79. The number of aromatic nitrogens is 1. The normalized spacial score (nSPS) is 14.2. The third-order valence-electron chi connectivity index (χ3n) is 3.74. The van der Waals surface area contributed by atoms with Crippen LogP contribution in [0, 0.1) is 5.92 Å². The molecule has 1 nitrogen and oxygen atoms in total. The number of nitrogens with zero attached hydrogens (tertiary/aromatic N) is 1. The van der Waals surface area contributed by atoms with Gasteiger partial charge in [0, 0.05) is 24.1 Å². The van der Waals surface area contributed by atoms with Crippen molar-refractivity contribution in [1.29, 1.82) is 0 Å². The fourth-order valence-electron chi connectivity index (χ4n) is 2.36. The molecule has 0 fully saturated rings. The van der Waals surface area contributed by atoms with E-state index < -0.39 is 0 Å². The molecule has 1 heterocycles. The van der Waals surface area contributed by atoms with Crippen molar-refractivity contribution in [2.45, 2.75) is 27.2 Å². The maximum atomic E-state index is 2.30. The smallest absolute Gasteiger partial charge is 0.0480 e. The van der Waals surface area contributed by atoms with Crippen molar-refractivity contribution >= 4 is 10.9 Å². The maximum absolute atomic E-state index is 2.30. The van der Waals surface area contributed by atoms with E-state index in [4.69, 9.17) is 0 Å². The summed E-state index contributed by atoms with van der Waals surface area (Å²) in [5, 5.41) is 1.39. The molecule has 0 spiro atoms. The molecule has 1 unspecified atom stereocenters. The molecular weight excluding hydrogens is 206 g/mol. The lowest BCUT2D eigenvalue weighted by atomic mass is 9.94. The summed E-state index contributed by atoms with van der Waals surface area (Å²) in [6.45, 7) is 6.64. The molecule has 1 atom stereocenters. The number of aryl methyl sites for hydroxylation is 1. The molecule has 0 aliphatic heterocycles. The van der Waals surface area contributed by atoms with E-state index in [1.165, 1.54) is 22.0 Å². The molecule has 0 aliphatic rings. The van der Waals surface area contributed by atoms with Crippen LogP contribution in [0.3, 0.4) is 0 Å². The standard InChI is InChI=1S/C16H21N/c1-5-12(2)13(3)10-14-11-17(4)16-9-7-6-8-15(14)16/h5-9,11,13H,10H2,1-4H3/b12-5+. The van der Waals surface area contributed by atoms with Crippen molar-refractivity contribution in [3.8, 4) is 0 Å². The van der Waals surface area contributed by atoms with Crippen molar-refractivity contribution in [2.24, 2.45) is 13.0 Å². The number of hydrogen-bond donors (Lipinski definition) is 0. The van der Waals surface area contributed by atoms with E-state index in [1.807, 2.05) is 0 Å². The van der Waals surface area contributed by atoms with Crippen LogP contribution in [0.5, 0.6) is 0 Å². The summed E-state index contributed by atoms with van der Waals surface area (Å²) < 4.78 is 2.22. The molecule has 0 saturated heterocycles. The Bertz CT molecular complexity index is 546. The van der Waals surface area contributed by atoms with Crippen LogP contribution in [0.4, 0.5) is 0 Å².